The molecule has 0 radical (unpaired) electrons. The third-order valence-corrected chi connectivity index (χ3v) is 2.74. The Hall–Kier alpha value is -2.49. The predicted octanol–water partition coefficient (Wildman–Crippen LogP) is 3.20. The van der Waals surface area contributed by atoms with Gasteiger partial charge in [-0.25, -0.2) is 4.39 Å². The van der Waals surface area contributed by atoms with Crippen molar-refractivity contribution in [2.24, 2.45) is 0 Å². The van der Waals surface area contributed by atoms with Crippen LogP contribution in [0.1, 0.15) is 26.3 Å². The van der Waals surface area contributed by atoms with Gasteiger partial charge in [-0.3, -0.25) is 9.59 Å². The second kappa shape index (κ2) is 5.44. The Morgan fingerprint density at radius 2 is 1.84 bits per heavy atom. The van der Waals surface area contributed by atoms with E-state index in [0.717, 1.165) is 0 Å². The van der Waals surface area contributed by atoms with E-state index >= 15 is 0 Å². The summed E-state index contributed by atoms with van der Waals surface area (Å²) in [6.07, 6.45) is 0.714. The number of benzene rings is 2. The topological polar surface area (TPSA) is 46.2 Å². The van der Waals surface area contributed by atoms with E-state index in [4.69, 9.17) is 0 Å². The van der Waals surface area contributed by atoms with Crippen molar-refractivity contribution in [1.29, 1.82) is 0 Å². The van der Waals surface area contributed by atoms with Gasteiger partial charge in [0.25, 0.3) is 5.91 Å². The van der Waals surface area contributed by atoms with Crippen LogP contribution in [0.15, 0.2) is 42.5 Å². The van der Waals surface area contributed by atoms with Crippen molar-refractivity contribution in [3.63, 3.8) is 0 Å². The molecule has 0 saturated heterocycles. The van der Waals surface area contributed by atoms with E-state index in [0.29, 0.717) is 23.1 Å². The van der Waals surface area contributed by atoms with E-state index < -0.39 is 11.7 Å². The van der Waals surface area contributed by atoms with Gasteiger partial charge in [-0.2, -0.15) is 0 Å². The number of amides is 1. The molecule has 0 atom stereocenters. The van der Waals surface area contributed by atoms with E-state index in [1.54, 1.807) is 43.3 Å². The van der Waals surface area contributed by atoms with Crippen LogP contribution < -0.4 is 5.32 Å². The summed E-state index contributed by atoms with van der Waals surface area (Å²) < 4.78 is 13.8. The molecule has 3 nitrogen and oxygen atoms in total. The summed E-state index contributed by atoms with van der Waals surface area (Å²) in [4.78, 5) is 22.4. The van der Waals surface area contributed by atoms with Gasteiger partial charge in [-0.05, 0) is 42.8 Å². The first-order chi connectivity index (χ1) is 9.11. The lowest BCUT2D eigenvalue weighted by atomic mass is 10.1. The number of aldehydes is 1. The number of hydrogen-bond acceptors (Lipinski definition) is 2. The van der Waals surface area contributed by atoms with Crippen LogP contribution in [0.4, 0.5) is 10.1 Å². The molecule has 0 aromatic heterocycles. The lowest BCUT2D eigenvalue weighted by Gasteiger charge is -2.07. The Kier molecular flexibility index (Phi) is 3.71. The van der Waals surface area contributed by atoms with Gasteiger partial charge >= 0.3 is 0 Å². The van der Waals surface area contributed by atoms with Crippen LogP contribution in [0.2, 0.25) is 0 Å². The molecule has 0 aliphatic heterocycles. The van der Waals surface area contributed by atoms with Crippen LogP contribution in [-0.2, 0) is 0 Å². The van der Waals surface area contributed by atoms with Crippen LogP contribution in [0.3, 0.4) is 0 Å². The predicted molar refractivity (Wildman–Crippen MR) is 70.9 cm³/mol. The maximum atomic E-state index is 13.8. The Bertz CT molecular complexity index is 621. The molecule has 0 aliphatic rings. The number of anilines is 1. The highest BCUT2D eigenvalue weighted by atomic mass is 19.1. The Morgan fingerprint density at radius 3 is 2.47 bits per heavy atom. The third kappa shape index (κ3) is 2.85. The molecular weight excluding hydrogens is 245 g/mol. The van der Waals surface area contributed by atoms with E-state index in [2.05, 4.69) is 5.32 Å². The Morgan fingerprint density at radius 1 is 1.16 bits per heavy atom. The Balaban J connectivity index is 2.20. The summed E-state index contributed by atoms with van der Waals surface area (Å²) in [5, 5.41) is 2.58. The van der Waals surface area contributed by atoms with Crippen molar-refractivity contribution < 1.29 is 14.0 Å². The molecule has 0 spiro atoms. The van der Waals surface area contributed by atoms with E-state index in [1.165, 1.54) is 6.07 Å². The zero-order chi connectivity index (χ0) is 13.8. The van der Waals surface area contributed by atoms with Crippen molar-refractivity contribution in [1.82, 2.24) is 0 Å². The highest BCUT2D eigenvalue weighted by Crippen LogP contribution is 2.15. The minimum absolute atomic E-state index is 0.000496. The largest absolute Gasteiger partial charge is 0.322 e. The quantitative estimate of drug-likeness (QED) is 0.858. The molecule has 0 bridgehead atoms. The summed E-state index contributed by atoms with van der Waals surface area (Å²) in [7, 11) is 0. The summed E-state index contributed by atoms with van der Waals surface area (Å²) in [5.41, 5.74) is 1.44. The van der Waals surface area contributed by atoms with E-state index in [9.17, 15) is 14.0 Å². The first-order valence-corrected chi connectivity index (χ1v) is 5.73. The van der Waals surface area contributed by atoms with Gasteiger partial charge in [0.15, 0.2) is 0 Å². The monoisotopic (exact) mass is 257 g/mol. The second-order valence-electron chi connectivity index (χ2n) is 4.13. The number of hydrogen-bond donors (Lipinski definition) is 1. The first kappa shape index (κ1) is 13.0. The molecule has 4 heteroatoms. The average Bonchev–Trinajstić information content (AvgIpc) is 2.42. The first-order valence-electron chi connectivity index (χ1n) is 5.73. The smallest absolute Gasteiger partial charge is 0.258 e. The minimum Gasteiger partial charge on any atom is -0.322 e. The molecule has 2 aromatic carbocycles. The lowest BCUT2D eigenvalue weighted by molar-refractivity contribution is 0.102. The highest BCUT2D eigenvalue weighted by molar-refractivity contribution is 6.04. The average molecular weight is 257 g/mol. The van der Waals surface area contributed by atoms with E-state index in [1.807, 2.05) is 0 Å². The normalized spacial score (nSPS) is 10.0. The molecular formula is C15H12FNO2. The highest BCUT2D eigenvalue weighted by Gasteiger charge is 2.13. The molecule has 0 unspecified atom stereocenters. The summed E-state index contributed by atoms with van der Waals surface area (Å²) in [6.45, 7) is 1.60. The zero-order valence-electron chi connectivity index (χ0n) is 10.3. The van der Waals surface area contributed by atoms with Gasteiger partial charge < -0.3 is 5.32 Å². The standard InChI is InChI=1S/C15H12FNO2/c1-10-3-2-4-13(14(10)16)15(19)17-12-7-5-11(9-18)6-8-12/h2-9H,1H3,(H,17,19). The molecule has 1 amide bonds. The number of rotatable bonds is 3. The fraction of sp³-hybridized carbons (Fsp3) is 0.0667. The SMILES string of the molecule is Cc1cccc(C(=O)Nc2ccc(C=O)cc2)c1F. The molecule has 19 heavy (non-hydrogen) atoms. The number of aryl methyl sites for hydroxylation is 1. The maximum absolute atomic E-state index is 13.8. The fourth-order valence-corrected chi connectivity index (χ4v) is 1.67. The van der Waals surface area contributed by atoms with Crippen molar-refractivity contribution in [3.05, 3.63) is 65.0 Å². The lowest BCUT2D eigenvalue weighted by Crippen LogP contribution is -2.14. The number of halogens is 1. The van der Waals surface area contributed by atoms with Crippen LogP contribution in [0, 0.1) is 12.7 Å². The molecule has 1 N–H and O–H groups in total. The number of carbonyl (C=O) groups excluding carboxylic acids is 2. The van der Waals surface area contributed by atoms with Gasteiger partial charge in [0, 0.05) is 11.3 Å². The number of carbonyl (C=O) groups is 2. The molecule has 0 fully saturated rings. The van der Waals surface area contributed by atoms with E-state index in [-0.39, 0.29) is 5.56 Å². The van der Waals surface area contributed by atoms with Crippen LogP contribution in [0.25, 0.3) is 0 Å². The fourth-order valence-electron chi connectivity index (χ4n) is 1.67. The molecule has 96 valence electrons. The minimum atomic E-state index is -0.524. The Labute approximate surface area is 110 Å². The van der Waals surface area contributed by atoms with Gasteiger partial charge in [0.1, 0.15) is 12.1 Å². The van der Waals surface area contributed by atoms with Gasteiger partial charge in [0.2, 0.25) is 0 Å². The van der Waals surface area contributed by atoms with Crippen molar-refractivity contribution in [2.45, 2.75) is 6.92 Å². The van der Waals surface area contributed by atoms with Crippen LogP contribution in [-0.4, -0.2) is 12.2 Å². The van der Waals surface area contributed by atoms with Crippen molar-refractivity contribution in [3.8, 4) is 0 Å². The molecule has 2 rings (SSSR count). The molecule has 2 aromatic rings. The van der Waals surface area contributed by atoms with Crippen molar-refractivity contribution >= 4 is 17.9 Å². The van der Waals surface area contributed by atoms with Gasteiger partial charge in [-0.15, -0.1) is 0 Å². The van der Waals surface area contributed by atoms with Crippen LogP contribution >= 0.6 is 0 Å². The third-order valence-electron chi connectivity index (χ3n) is 2.74. The van der Waals surface area contributed by atoms with Gasteiger partial charge in [-0.1, -0.05) is 12.1 Å². The van der Waals surface area contributed by atoms with Gasteiger partial charge in [0.05, 0.1) is 5.56 Å². The van der Waals surface area contributed by atoms with Crippen molar-refractivity contribution in [2.75, 3.05) is 5.32 Å². The summed E-state index contributed by atoms with van der Waals surface area (Å²) >= 11 is 0. The van der Waals surface area contributed by atoms with Crippen LogP contribution in [0.5, 0.6) is 0 Å². The molecule has 0 aliphatic carbocycles. The number of nitrogens with one attached hydrogen (secondary N) is 1. The summed E-state index contributed by atoms with van der Waals surface area (Å²) in [6, 6.07) is 11.0. The second-order valence-corrected chi connectivity index (χ2v) is 4.13. The molecule has 0 saturated carbocycles. The summed E-state index contributed by atoms with van der Waals surface area (Å²) in [5.74, 6) is -1.04. The molecule has 0 heterocycles. The maximum Gasteiger partial charge on any atom is 0.258 e. The zero-order valence-corrected chi connectivity index (χ0v) is 10.3.